The first-order valence-electron chi connectivity index (χ1n) is 7.02. The normalized spacial score (nSPS) is 19.7. The van der Waals surface area contributed by atoms with E-state index in [-0.39, 0.29) is 6.10 Å². The van der Waals surface area contributed by atoms with Crippen LogP contribution in [0, 0.1) is 0 Å². The van der Waals surface area contributed by atoms with E-state index in [1.54, 1.807) is 0 Å². The van der Waals surface area contributed by atoms with Crippen molar-refractivity contribution in [2.75, 3.05) is 38.2 Å². The molecule has 1 atom stereocenters. The van der Waals surface area contributed by atoms with Crippen molar-refractivity contribution in [1.82, 2.24) is 20.5 Å². The monoisotopic (exact) mass is 265 g/mol. The van der Waals surface area contributed by atoms with E-state index < -0.39 is 0 Å². The van der Waals surface area contributed by atoms with Crippen LogP contribution < -0.4 is 10.2 Å². The molecule has 2 rings (SSSR count). The minimum atomic E-state index is 0.193. The van der Waals surface area contributed by atoms with Crippen LogP contribution in [0.3, 0.4) is 0 Å². The van der Waals surface area contributed by atoms with E-state index in [2.05, 4.69) is 39.2 Å². The molecule has 1 saturated heterocycles. The van der Waals surface area contributed by atoms with Crippen LogP contribution in [0.25, 0.3) is 0 Å². The van der Waals surface area contributed by atoms with Gasteiger partial charge in [-0.2, -0.15) is 5.10 Å². The molecule has 0 aromatic carbocycles. The fraction of sp³-hybridized carbons (Fsp3) is 0.769. The van der Waals surface area contributed by atoms with Crippen molar-refractivity contribution >= 4 is 5.95 Å². The van der Waals surface area contributed by atoms with Gasteiger partial charge in [-0.3, -0.25) is 0 Å². The third-order valence-corrected chi connectivity index (χ3v) is 3.35. The highest BCUT2D eigenvalue weighted by Gasteiger charge is 2.22. The number of likely N-dealkylation sites (N-methyl/N-ethyl adjacent to an activating group) is 1. The van der Waals surface area contributed by atoms with Gasteiger partial charge < -0.3 is 15.0 Å². The summed E-state index contributed by atoms with van der Waals surface area (Å²) >= 11 is 0. The molecule has 2 heterocycles. The topological polar surface area (TPSA) is 63.2 Å². The second-order valence-electron chi connectivity index (χ2n) is 4.71. The summed E-state index contributed by atoms with van der Waals surface area (Å²) in [4.78, 5) is 6.82. The summed E-state index contributed by atoms with van der Waals surface area (Å²) < 4.78 is 5.69. The van der Waals surface area contributed by atoms with Crippen LogP contribution in [-0.2, 0) is 17.6 Å². The van der Waals surface area contributed by atoms with E-state index in [1.165, 1.54) is 0 Å². The zero-order valence-corrected chi connectivity index (χ0v) is 12.0. The van der Waals surface area contributed by atoms with E-state index in [4.69, 9.17) is 4.74 Å². The first-order valence-corrected chi connectivity index (χ1v) is 7.02. The van der Waals surface area contributed by atoms with Crippen molar-refractivity contribution in [3.63, 3.8) is 0 Å². The molecule has 1 aliphatic heterocycles. The molecule has 1 aliphatic rings. The highest BCUT2D eigenvalue weighted by molar-refractivity contribution is 5.31. The quantitative estimate of drug-likeness (QED) is 0.832. The maximum Gasteiger partial charge on any atom is 0.245 e. The fourth-order valence-corrected chi connectivity index (χ4v) is 2.31. The third kappa shape index (κ3) is 3.39. The molecule has 6 heteroatoms. The lowest BCUT2D eigenvalue weighted by Gasteiger charge is -2.32. The summed E-state index contributed by atoms with van der Waals surface area (Å²) in [6, 6.07) is 0. The molecule has 0 amide bonds. The van der Waals surface area contributed by atoms with Gasteiger partial charge in [-0.25, -0.2) is 4.98 Å². The Labute approximate surface area is 114 Å². The minimum absolute atomic E-state index is 0.193. The average Bonchev–Trinajstić information content (AvgIpc) is 2.47. The summed E-state index contributed by atoms with van der Waals surface area (Å²) in [5.74, 6) is 0.735. The van der Waals surface area contributed by atoms with Crippen molar-refractivity contribution in [1.29, 1.82) is 0 Å². The van der Waals surface area contributed by atoms with Crippen LogP contribution in [-0.4, -0.2) is 54.6 Å². The lowest BCUT2D eigenvalue weighted by atomic mass is 10.2. The molecule has 1 aromatic rings. The smallest absolute Gasteiger partial charge is 0.245 e. The number of hydrogen-bond donors (Lipinski definition) is 1. The Morgan fingerprint density at radius 3 is 2.74 bits per heavy atom. The number of hydrogen-bond acceptors (Lipinski definition) is 6. The summed E-state index contributed by atoms with van der Waals surface area (Å²) in [5.41, 5.74) is 2.07. The van der Waals surface area contributed by atoms with Crippen molar-refractivity contribution < 1.29 is 4.74 Å². The van der Waals surface area contributed by atoms with E-state index in [9.17, 15) is 0 Å². The molecule has 6 nitrogen and oxygen atoms in total. The van der Waals surface area contributed by atoms with Crippen LogP contribution in [0.5, 0.6) is 0 Å². The molecule has 19 heavy (non-hydrogen) atoms. The molecule has 0 bridgehead atoms. The number of anilines is 1. The van der Waals surface area contributed by atoms with Gasteiger partial charge >= 0.3 is 0 Å². The largest absolute Gasteiger partial charge is 0.373 e. The maximum atomic E-state index is 5.69. The molecular formula is C13H23N5O. The van der Waals surface area contributed by atoms with Crippen molar-refractivity contribution in [3.8, 4) is 0 Å². The van der Waals surface area contributed by atoms with Gasteiger partial charge in [-0.05, 0) is 19.9 Å². The van der Waals surface area contributed by atoms with Crippen LogP contribution in [0.15, 0.2) is 0 Å². The number of morpholine rings is 1. The fourth-order valence-electron chi connectivity index (χ4n) is 2.31. The molecule has 0 radical (unpaired) electrons. The van der Waals surface area contributed by atoms with Gasteiger partial charge in [0.1, 0.15) is 0 Å². The highest BCUT2D eigenvalue weighted by atomic mass is 16.5. The van der Waals surface area contributed by atoms with E-state index in [0.717, 1.165) is 49.8 Å². The second-order valence-corrected chi connectivity index (χ2v) is 4.71. The first kappa shape index (κ1) is 14.1. The summed E-state index contributed by atoms with van der Waals surface area (Å²) in [6.45, 7) is 7.40. The molecule has 0 saturated carbocycles. The molecule has 106 valence electrons. The predicted octanol–water partition coefficient (Wildman–Crippen LogP) is 0.421. The van der Waals surface area contributed by atoms with Gasteiger partial charge in [-0.1, -0.05) is 13.8 Å². The molecule has 1 aromatic heterocycles. The Morgan fingerprint density at radius 2 is 2.05 bits per heavy atom. The van der Waals surface area contributed by atoms with Crippen LogP contribution in [0.1, 0.15) is 25.2 Å². The number of rotatable bonds is 5. The Morgan fingerprint density at radius 1 is 1.26 bits per heavy atom. The summed E-state index contributed by atoms with van der Waals surface area (Å²) in [5, 5.41) is 11.7. The van der Waals surface area contributed by atoms with Gasteiger partial charge in [0.25, 0.3) is 0 Å². The Bertz CT molecular complexity index is 410. The van der Waals surface area contributed by atoms with E-state index >= 15 is 0 Å². The number of nitrogens with zero attached hydrogens (tertiary/aromatic N) is 4. The maximum absolute atomic E-state index is 5.69. The SMILES string of the molecule is CCc1nnc(N2CCOC(CNC)C2)nc1CC. The minimum Gasteiger partial charge on any atom is -0.373 e. The van der Waals surface area contributed by atoms with Gasteiger partial charge in [0, 0.05) is 19.6 Å². The van der Waals surface area contributed by atoms with Gasteiger partial charge in [0.05, 0.1) is 24.1 Å². The number of aromatic nitrogens is 3. The van der Waals surface area contributed by atoms with Gasteiger partial charge in [-0.15, -0.1) is 5.10 Å². The van der Waals surface area contributed by atoms with Gasteiger partial charge in [0.15, 0.2) is 0 Å². The number of aryl methyl sites for hydroxylation is 2. The summed E-state index contributed by atoms with van der Waals surface area (Å²) in [6.07, 6.45) is 1.98. The summed E-state index contributed by atoms with van der Waals surface area (Å²) in [7, 11) is 1.94. The zero-order chi connectivity index (χ0) is 13.7. The van der Waals surface area contributed by atoms with Crippen molar-refractivity contribution in [2.45, 2.75) is 32.8 Å². The van der Waals surface area contributed by atoms with E-state index in [0.29, 0.717) is 6.61 Å². The molecule has 1 N–H and O–H groups in total. The predicted molar refractivity (Wildman–Crippen MR) is 74.5 cm³/mol. The zero-order valence-electron chi connectivity index (χ0n) is 12.0. The Kier molecular flexibility index (Phi) is 5.04. The van der Waals surface area contributed by atoms with Crippen LogP contribution in [0.4, 0.5) is 5.95 Å². The Hall–Kier alpha value is -1.27. The van der Waals surface area contributed by atoms with Crippen LogP contribution >= 0.6 is 0 Å². The molecular weight excluding hydrogens is 242 g/mol. The standard InChI is InChI=1S/C13H23N5O/c1-4-11-12(5-2)16-17-13(15-11)18-6-7-19-10(9-18)8-14-3/h10,14H,4-9H2,1-3H3. The number of nitrogens with one attached hydrogen (secondary N) is 1. The van der Waals surface area contributed by atoms with Crippen LogP contribution in [0.2, 0.25) is 0 Å². The third-order valence-electron chi connectivity index (χ3n) is 3.35. The Balaban J connectivity index is 2.12. The molecule has 1 fully saturated rings. The van der Waals surface area contributed by atoms with Crippen molar-refractivity contribution in [3.05, 3.63) is 11.4 Å². The number of ether oxygens (including phenoxy) is 1. The molecule has 0 spiro atoms. The van der Waals surface area contributed by atoms with Crippen molar-refractivity contribution in [2.24, 2.45) is 0 Å². The van der Waals surface area contributed by atoms with Gasteiger partial charge in [0.2, 0.25) is 5.95 Å². The van der Waals surface area contributed by atoms with E-state index in [1.807, 2.05) is 7.05 Å². The molecule has 0 aliphatic carbocycles. The lowest BCUT2D eigenvalue weighted by Crippen LogP contribution is -2.47. The average molecular weight is 265 g/mol. The molecule has 1 unspecified atom stereocenters. The second kappa shape index (κ2) is 6.77. The first-order chi connectivity index (χ1) is 9.28. The highest BCUT2D eigenvalue weighted by Crippen LogP contribution is 2.14. The lowest BCUT2D eigenvalue weighted by molar-refractivity contribution is 0.0415.